The Bertz CT molecular complexity index is 1450. The molecular formula is C35H35N3OS. The summed E-state index contributed by atoms with van der Waals surface area (Å²) in [7, 11) is 0. The fourth-order valence-electron chi connectivity index (χ4n) is 5.45. The highest BCUT2D eigenvalue weighted by Gasteiger charge is 2.26. The van der Waals surface area contributed by atoms with E-state index in [0.717, 1.165) is 60.3 Å². The summed E-state index contributed by atoms with van der Waals surface area (Å²) in [5.41, 5.74) is 7.41. The second-order valence-corrected chi connectivity index (χ2v) is 11.3. The van der Waals surface area contributed by atoms with Gasteiger partial charge in [0.05, 0.1) is 11.7 Å². The van der Waals surface area contributed by atoms with Crippen LogP contribution in [0.5, 0.6) is 5.75 Å². The third-order valence-corrected chi connectivity index (χ3v) is 8.53. The molecule has 1 saturated heterocycles. The molecule has 0 aliphatic carbocycles. The Labute approximate surface area is 241 Å². The molecular weight excluding hydrogens is 510 g/mol. The summed E-state index contributed by atoms with van der Waals surface area (Å²) in [6.45, 7) is 7.63. The van der Waals surface area contributed by atoms with E-state index >= 15 is 0 Å². The van der Waals surface area contributed by atoms with Crippen LogP contribution >= 0.6 is 11.3 Å². The Balaban J connectivity index is 1.10. The highest BCUT2D eigenvalue weighted by molar-refractivity contribution is 7.13. The van der Waals surface area contributed by atoms with Crippen LogP contribution in [0.1, 0.15) is 34.0 Å². The van der Waals surface area contributed by atoms with Crippen LogP contribution in [0.4, 0.5) is 0 Å². The van der Waals surface area contributed by atoms with Crippen molar-refractivity contribution in [1.29, 1.82) is 0 Å². The van der Waals surface area contributed by atoms with Gasteiger partial charge in [-0.05, 0) is 35.7 Å². The average molecular weight is 546 g/mol. The molecule has 0 N–H and O–H groups in total. The normalized spacial score (nSPS) is 14.4. The molecule has 40 heavy (non-hydrogen) atoms. The predicted octanol–water partition coefficient (Wildman–Crippen LogP) is 7.60. The number of thiazole rings is 1. The maximum atomic E-state index is 6.09. The molecule has 4 aromatic carbocycles. The molecule has 0 bridgehead atoms. The number of hydrogen-bond acceptors (Lipinski definition) is 5. The summed E-state index contributed by atoms with van der Waals surface area (Å²) in [6.07, 6.45) is 0. The van der Waals surface area contributed by atoms with Crippen LogP contribution in [0, 0.1) is 6.92 Å². The highest BCUT2D eigenvalue weighted by atomic mass is 32.1. The van der Waals surface area contributed by atoms with Crippen LogP contribution in [0.25, 0.3) is 10.6 Å². The second-order valence-electron chi connectivity index (χ2n) is 10.4. The smallest absolute Gasteiger partial charge is 0.124 e. The van der Waals surface area contributed by atoms with Gasteiger partial charge in [-0.1, -0.05) is 103 Å². The van der Waals surface area contributed by atoms with E-state index in [1.807, 2.05) is 12.1 Å². The van der Waals surface area contributed by atoms with Crippen LogP contribution in [-0.2, 0) is 13.2 Å². The van der Waals surface area contributed by atoms with E-state index in [2.05, 4.69) is 119 Å². The van der Waals surface area contributed by atoms with Gasteiger partial charge >= 0.3 is 0 Å². The third-order valence-electron chi connectivity index (χ3n) is 7.60. The molecule has 0 atom stereocenters. The molecule has 5 aromatic rings. The van der Waals surface area contributed by atoms with Gasteiger partial charge in [-0.3, -0.25) is 9.80 Å². The molecule has 4 nitrogen and oxygen atoms in total. The van der Waals surface area contributed by atoms with Crippen LogP contribution in [0.3, 0.4) is 0 Å². The monoisotopic (exact) mass is 545 g/mol. The van der Waals surface area contributed by atoms with Crippen molar-refractivity contribution in [2.75, 3.05) is 26.2 Å². The van der Waals surface area contributed by atoms with E-state index in [1.165, 1.54) is 16.7 Å². The zero-order valence-corrected chi connectivity index (χ0v) is 23.8. The molecule has 1 aromatic heterocycles. The summed E-state index contributed by atoms with van der Waals surface area (Å²) in [4.78, 5) is 10.2. The summed E-state index contributed by atoms with van der Waals surface area (Å²) in [5, 5.41) is 3.28. The SMILES string of the molecule is Cc1ccc(OCc2ccccc2-c2nc(CN3CCN(C(c4ccccc4)c4ccccc4)CC3)cs2)cc1. The number of piperazine rings is 1. The van der Waals surface area contributed by atoms with Gasteiger partial charge in [0.1, 0.15) is 17.4 Å². The quantitative estimate of drug-likeness (QED) is 0.191. The maximum Gasteiger partial charge on any atom is 0.124 e. The van der Waals surface area contributed by atoms with Crippen LogP contribution < -0.4 is 4.74 Å². The molecule has 1 aliphatic heterocycles. The Kier molecular flexibility index (Phi) is 8.33. The molecule has 0 spiro atoms. The molecule has 5 heteroatoms. The number of ether oxygens (including phenoxy) is 1. The van der Waals surface area contributed by atoms with E-state index in [4.69, 9.17) is 9.72 Å². The van der Waals surface area contributed by atoms with Crippen molar-refractivity contribution in [1.82, 2.24) is 14.8 Å². The van der Waals surface area contributed by atoms with Crippen LogP contribution in [-0.4, -0.2) is 41.0 Å². The maximum absolute atomic E-state index is 6.09. The number of nitrogens with zero attached hydrogens (tertiary/aromatic N) is 3. The van der Waals surface area contributed by atoms with E-state index in [1.54, 1.807) is 11.3 Å². The minimum absolute atomic E-state index is 0.286. The van der Waals surface area contributed by atoms with E-state index in [9.17, 15) is 0 Å². The average Bonchev–Trinajstić information content (AvgIpc) is 3.47. The largest absolute Gasteiger partial charge is 0.489 e. The number of rotatable bonds is 9. The van der Waals surface area contributed by atoms with Crippen molar-refractivity contribution < 1.29 is 4.74 Å². The topological polar surface area (TPSA) is 28.6 Å². The van der Waals surface area contributed by atoms with Gasteiger partial charge in [-0.15, -0.1) is 11.3 Å². The first-order chi connectivity index (χ1) is 19.7. The lowest BCUT2D eigenvalue weighted by atomic mass is 9.96. The first-order valence-electron chi connectivity index (χ1n) is 14.0. The van der Waals surface area contributed by atoms with Gasteiger partial charge in [0.15, 0.2) is 0 Å². The molecule has 0 saturated carbocycles. The van der Waals surface area contributed by atoms with Gasteiger partial charge in [-0.2, -0.15) is 0 Å². The number of aromatic nitrogens is 1. The molecule has 1 aliphatic rings. The summed E-state index contributed by atoms with van der Waals surface area (Å²) >= 11 is 1.73. The fourth-order valence-corrected chi connectivity index (χ4v) is 6.32. The van der Waals surface area contributed by atoms with Gasteiger partial charge in [0.2, 0.25) is 0 Å². The van der Waals surface area contributed by atoms with E-state index in [0.29, 0.717) is 6.61 Å². The van der Waals surface area contributed by atoms with Crippen molar-refractivity contribution in [3.05, 3.63) is 143 Å². The summed E-state index contributed by atoms with van der Waals surface area (Å²) < 4.78 is 6.09. The minimum Gasteiger partial charge on any atom is -0.489 e. The molecule has 1 fully saturated rings. The molecule has 0 radical (unpaired) electrons. The molecule has 6 rings (SSSR count). The Hall–Kier alpha value is -3.77. The molecule has 202 valence electrons. The number of aryl methyl sites for hydroxylation is 1. The lowest BCUT2D eigenvalue weighted by molar-refractivity contribution is 0.104. The van der Waals surface area contributed by atoms with Crippen LogP contribution in [0.2, 0.25) is 0 Å². The van der Waals surface area contributed by atoms with Crippen LogP contribution in [0.15, 0.2) is 115 Å². The van der Waals surface area contributed by atoms with Crippen molar-refractivity contribution in [2.24, 2.45) is 0 Å². The Morgan fingerprint density at radius 2 is 1.38 bits per heavy atom. The van der Waals surface area contributed by atoms with Crippen molar-refractivity contribution in [3.8, 4) is 16.3 Å². The molecule has 0 unspecified atom stereocenters. The third kappa shape index (κ3) is 6.34. The zero-order valence-electron chi connectivity index (χ0n) is 22.9. The number of benzene rings is 4. The number of hydrogen-bond donors (Lipinski definition) is 0. The van der Waals surface area contributed by atoms with Gasteiger partial charge in [0, 0.05) is 43.7 Å². The second kappa shape index (κ2) is 12.6. The zero-order chi connectivity index (χ0) is 27.1. The Morgan fingerprint density at radius 1 is 0.750 bits per heavy atom. The van der Waals surface area contributed by atoms with Crippen molar-refractivity contribution in [2.45, 2.75) is 26.1 Å². The molecule has 0 amide bonds. The lowest BCUT2D eigenvalue weighted by Gasteiger charge is -2.39. The minimum atomic E-state index is 0.286. The van der Waals surface area contributed by atoms with Crippen molar-refractivity contribution >= 4 is 11.3 Å². The summed E-state index contributed by atoms with van der Waals surface area (Å²) in [5.74, 6) is 0.890. The van der Waals surface area contributed by atoms with Crippen molar-refractivity contribution in [3.63, 3.8) is 0 Å². The van der Waals surface area contributed by atoms with Gasteiger partial charge in [0.25, 0.3) is 0 Å². The van der Waals surface area contributed by atoms with Gasteiger partial charge < -0.3 is 4.74 Å². The first-order valence-corrected chi connectivity index (χ1v) is 14.9. The fraction of sp³-hybridized carbons (Fsp3) is 0.229. The predicted molar refractivity (Wildman–Crippen MR) is 165 cm³/mol. The van der Waals surface area contributed by atoms with E-state index < -0.39 is 0 Å². The lowest BCUT2D eigenvalue weighted by Crippen LogP contribution is -2.47. The summed E-state index contributed by atoms with van der Waals surface area (Å²) in [6, 6.07) is 38.8. The van der Waals surface area contributed by atoms with Gasteiger partial charge in [-0.25, -0.2) is 4.98 Å². The highest BCUT2D eigenvalue weighted by Crippen LogP contribution is 2.31. The first kappa shape index (κ1) is 26.5. The molecule has 2 heterocycles. The Morgan fingerprint density at radius 3 is 2.05 bits per heavy atom. The van der Waals surface area contributed by atoms with E-state index in [-0.39, 0.29) is 6.04 Å². The standard InChI is InChI=1S/C35H35N3OS/c1-27-16-18-32(19-17-27)39-25-30-14-8-9-15-33(30)35-36-31(26-40-35)24-37-20-22-38(23-21-37)34(28-10-4-2-5-11-28)29-12-6-3-7-13-29/h2-19,26,34H,20-25H2,1H3.